The van der Waals surface area contributed by atoms with Gasteiger partial charge in [-0.2, -0.15) is 5.26 Å². The SMILES string of the molecule is C[C@@H](OC(=O)c1cc(O)c2ccccc2c1O)C(=O)Nc1sccc1C#N. The largest absolute Gasteiger partial charge is 0.507 e. The number of anilines is 1. The van der Waals surface area contributed by atoms with Crippen molar-refractivity contribution in [2.45, 2.75) is 13.0 Å². The maximum atomic E-state index is 12.4. The first-order valence-corrected chi connectivity index (χ1v) is 8.73. The van der Waals surface area contributed by atoms with E-state index in [0.29, 0.717) is 21.3 Å². The number of phenols is 2. The van der Waals surface area contributed by atoms with E-state index in [0.717, 1.165) is 6.07 Å². The molecule has 2 aromatic carbocycles. The van der Waals surface area contributed by atoms with Gasteiger partial charge in [0.05, 0.1) is 5.56 Å². The molecule has 3 N–H and O–H groups in total. The maximum Gasteiger partial charge on any atom is 0.342 e. The highest BCUT2D eigenvalue weighted by Gasteiger charge is 2.24. The highest BCUT2D eigenvalue weighted by atomic mass is 32.1. The molecule has 0 aliphatic heterocycles. The average molecular weight is 382 g/mol. The molecule has 1 heterocycles. The Morgan fingerprint density at radius 3 is 2.63 bits per heavy atom. The fourth-order valence-corrected chi connectivity index (χ4v) is 3.22. The number of fused-ring (bicyclic) bond motifs is 1. The molecule has 8 heteroatoms. The van der Waals surface area contributed by atoms with Crippen molar-refractivity contribution in [3.63, 3.8) is 0 Å². The van der Waals surface area contributed by atoms with Gasteiger partial charge in [0.15, 0.2) is 6.10 Å². The van der Waals surface area contributed by atoms with Gasteiger partial charge in [0, 0.05) is 10.8 Å². The first kappa shape index (κ1) is 18.2. The molecule has 0 saturated heterocycles. The zero-order valence-electron chi connectivity index (χ0n) is 14.1. The minimum absolute atomic E-state index is 0.190. The third-order valence-corrected chi connectivity index (χ3v) is 4.72. The van der Waals surface area contributed by atoms with Gasteiger partial charge in [-0.15, -0.1) is 11.3 Å². The minimum atomic E-state index is -1.18. The van der Waals surface area contributed by atoms with Gasteiger partial charge in [-0.05, 0) is 24.4 Å². The van der Waals surface area contributed by atoms with E-state index in [9.17, 15) is 19.8 Å². The van der Waals surface area contributed by atoms with Crippen molar-refractivity contribution in [2.24, 2.45) is 0 Å². The molecule has 1 atom stereocenters. The molecule has 0 aliphatic carbocycles. The lowest BCUT2D eigenvalue weighted by Crippen LogP contribution is -2.30. The number of rotatable bonds is 4. The van der Waals surface area contributed by atoms with Gasteiger partial charge in [-0.1, -0.05) is 24.3 Å². The van der Waals surface area contributed by atoms with E-state index in [4.69, 9.17) is 10.00 Å². The van der Waals surface area contributed by atoms with Crippen LogP contribution in [-0.2, 0) is 9.53 Å². The molecule has 3 aromatic rings. The molecule has 1 aromatic heterocycles. The van der Waals surface area contributed by atoms with Crippen molar-refractivity contribution in [2.75, 3.05) is 5.32 Å². The van der Waals surface area contributed by atoms with Crippen LogP contribution in [0.4, 0.5) is 5.00 Å². The number of carbonyl (C=O) groups is 2. The molecule has 0 unspecified atom stereocenters. The standard InChI is InChI=1S/C19H14N2O5S/c1-10(17(24)21-18-11(9-20)6-7-27-18)26-19(25)14-8-15(22)12-4-2-3-5-13(12)16(14)23/h2-8,10,22-23H,1H3,(H,21,24)/t10-/m1/s1. The van der Waals surface area contributed by atoms with Crippen molar-refractivity contribution in [3.8, 4) is 17.6 Å². The molecular weight excluding hydrogens is 368 g/mol. The Kier molecular flexibility index (Phi) is 4.96. The van der Waals surface area contributed by atoms with Crippen molar-refractivity contribution < 1.29 is 24.5 Å². The number of nitrogens with one attached hydrogen (secondary N) is 1. The Morgan fingerprint density at radius 1 is 1.22 bits per heavy atom. The summed E-state index contributed by atoms with van der Waals surface area (Å²) in [4.78, 5) is 24.6. The second-order valence-electron chi connectivity index (χ2n) is 5.65. The fraction of sp³-hybridized carbons (Fsp3) is 0.105. The van der Waals surface area contributed by atoms with E-state index >= 15 is 0 Å². The van der Waals surface area contributed by atoms with Gasteiger partial charge in [0.1, 0.15) is 28.1 Å². The number of esters is 1. The summed E-state index contributed by atoms with van der Waals surface area (Å²) in [6, 6.07) is 11.1. The zero-order valence-corrected chi connectivity index (χ0v) is 14.9. The van der Waals surface area contributed by atoms with Gasteiger partial charge in [-0.25, -0.2) is 4.79 Å². The Balaban J connectivity index is 1.79. The van der Waals surface area contributed by atoms with Gasteiger partial charge in [0.2, 0.25) is 0 Å². The van der Waals surface area contributed by atoms with Crippen LogP contribution in [0.1, 0.15) is 22.8 Å². The van der Waals surface area contributed by atoms with E-state index in [1.807, 2.05) is 6.07 Å². The molecule has 0 saturated carbocycles. The average Bonchev–Trinajstić information content (AvgIpc) is 3.11. The number of nitrogens with zero attached hydrogens (tertiary/aromatic N) is 1. The second kappa shape index (κ2) is 7.35. The topological polar surface area (TPSA) is 120 Å². The van der Waals surface area contributed by atoms with Gasteiger partial charge < -0.3 is 20.3 Å². The summed E-state index contributed by atoms with van der Waals surface area (Å²) in [7, 11) is 0. The highest BCUT2D eigenvalue weighted by Crippen LogP contribution is 2.35. The number of hydrogen-bond acceptors (Lipinski definition) is 7. The molecule has 0 bridgehead atoms. The molecule has 0 radical (unpaired) electrons. The van der Waals surface area contributed by atoms with Crippen molar-refractivity contribution in [1.82, 2.24) is 0 Å². The van der Waals surface area contributed by atoms with Gasteiger partial charge in [0.25, 0.3) is 5.91 Å². The summed E-state index contributed by atoms with van der Waals surface area (Å²) in [6.07, 6.45) is -1.18. The molecule has 1 amide bonds. The Morgan fingerprint density at radius 2 is 1.93 bits per heavy atom. The number of ether oxygens (including phenoxy) is 1. The van der Waals surface area contributed by atoms with E-state index in [1.54, 1.807) is 35.7 Å². The Hall–Kier alpha value is -3.57. The predicted molar refractivity (Wildman–Crippen MR) is 99.8 cm³/mol. The first-order valence-electron chi connectivity index (χ1n) is 7.85. The molecule has 0 spiro atoms. The van der Waals surface area contributed by atoms with Crippen LogP contribution in [0.5, 0.6) is 11.5 Å². The fourth-order valence-electron chi connectivity index (χ4n) is 2.48. The minimum Gasteiger partial charge on any atom is -0.507 e. The van der Waals surface area contributed by atoms with Crippen molar-refractivity contribution in [3.05, 3.63) is 52.9 Å². The lowest BCUT2D eigenvalue weighted by molar-refractivity contribution is -0.123. The van der Waals surface area contributed by atoms with Crippen LogP contribution in [0.2, 0.25) is 0 Å². The van der Waals surface area contributed by atoms with Crippen LogP contribution in [0, 0.1) is 11.3 Å². The third kappa shape index (κ3) is 3.54. The molecule has 27 heavy (non-hydrogen) atoms. The lowest BCUT2D eigenvalue weighted by atomic mass is 10.0. The molecular formula is C19H14N2O5S. The van der Waals surface area contributed by atoms with Crippen LogP contribution in [0.15, 0.2) is 41.8 Å². The smallest absolute Gasteiger partial charge is 0.342 e. The van der Waals surface area contributed by atoms with Crippen LogP contribution in [0.25, 0.3) is 10.8 Å². The molecule has 136 valence electrons. The number of benzene rings is 2. The monoisotopic (exact) mass is 382 g/mol. The lowest BCUT2D eigenvalue weighted by Gasteiger charge is -2.14. The quantitative estimate of drug-likeness (QED) is 0.470. The summed E-state index contributed by atoms with van der Waals surface area (Å²) >= 11 is 1.17. The van der Waals surface area contributed by atoms with Crippen molar-refractivity contribution in [1.29, 1.82) is 5.26 Å². The first-order chi connectivity index (χ1) is 12.9. The predicted octanol–water partition coefficient (Wildman–Crippen LogP) is 3.37. The number of hydrogen-bond donors (Lipinski definition) is 3. The summed E-state index contributed by atoms with van der Waals surface area (Å²) in [5.74, 6) is -2.11. The van der Waals surface area contributed by atoms with Crippen LogP contribution in [0.3, 0.4) is 0 Å². The Bertz CT molecular complexity index is 1080. The van der Waals surface area contributed by atoms with E-state index in [1.165, 1.54) is 18.3 Å². The summed E-state index contributed by atoms with van der Waals surface area (Å²) in [5.41, 5.74) is 0.0589. The highest BCUT2D eigenvalue weighted by molar-refractivity contribution is 7.14. The number of amides is 1. The van der Waals surface area contributed by atoms with Crippen LogP contribution >= 0.6 is 11.3 Å². The van der Waals surface area contributed by atoms with Crippen LogP contribution in [-0.4, -0.2) is 28.2 Å². The number of phenolic OH excluding ortho intramolecular Hbond substituents is 2. The molecule has 7 nitrogen and oxygen atoms in total. The molecule has 0 fully saturated rings. The van der Waals surface area contributed by atoms with Crippen LogP contribution < -0.4 is 5.32 Å². The number of nitriles is 1. The van der Waals surface area contributed by atoms with Crippen molar-refractivity contribution >= 4 is 39.0 Å². The van der Waals surface area contributed by atoms with Gasteiger partial charge in [-0.3, -0.25) is 4.79 Å². The summed E-state index contributed by atoms with van der Waals surface area (Å²) < 4.78 is 5.10. The molecule has 3 rings (SSSR count). The number of thiophene rings is 1. The van der Waals surface area contributed by atoms with Gasteiger partial charge >= 0.3 is 5.97 Å². The zero-order chi connectivity index (χ0) is 19.6. The van der Waals surface area contributed by atoms with E-state index < -0.39 is 18.0 Å². The number of carbonyl (C=O) groups excluding carboxylic acids is 2. The van der Waals surface area contributed by atoms with E-state index in [2.05, 4.69) is 5.32 Å². The number of aromatic hydroxyl groups is 2. The normalized spacial score (nSPS) is 11.6. The summed E-state index contributed by atoms with van der Waals surface area (Å²) in [5, 5.41) is 34.6. The Labute approximate surface area is 158 Å². The maximum absolute atomic E-state index is 12.4. The summed E-state index contributed by atoms with van der Waals surface area (Å²) in [6.45, 7) is 1.37. The third-order valence-electron chi connectivity index (χ3n) is 3.89. The molecule has 0 aliphatic rings. The second-order valence-corrected chi connectivity index (χ2v) is 6.57. The van der Waals surface area contributed by atoms with E-state index in [-0.39, 0.29) is 17.1 Å².